The average molecular weight is 845 g/mol. The van der Waals surface area contributed by atoms with Crippen molar-refractivity contribution in [2.45, 2.75) is 0 Å². The molecule has 7 heteroatoms. The molecule has 306 valence electrons. The Morgan fingerprint density at radius 1 is 0.333 bits per heavy atom. The van der Waals surface area contributed by atoms with Gasteiger partial charge in [-0.1, -0.05) is 97.1 Å². The fourth-order valence-corrected chi connectivity index (χ4v) is 11.2. The van der Waals surface area contributed by atoms with Crippen molar-refractivity contribution in [3.63, 3.8) is 0 Å². The van der Waals surface area contributed by atoms with Crippen molar-refractivity contribution in [1.29, 1.82) is 0 Å². The molecule has 16 aromatic rings. The minimum atomic E-state index is 0.772. The van der Waals surface area contributed by atoms with Gasteiger partial charge >= 0.3 is 0 Å². The average Bonchev–Trinajstić information content (AvgIpc) is 4.22. The highest BCUT2D eigenvalue weighted by atomic mass is 16.3. The predicted octanol–water partition coefficient (Wildman–Crippen LogP) is 16.0. The number of pyridine rings is 1. The second-order valence-electron chi connectivity index (χ2n) is 17.5. The first-order chi connectivity index (χ1) is 32.7. The number of aromatic nitrogens is 4. The molecule has 0 saturated carbocycles. The minimum Gasteiger partial charge on any atom is -0.456 e. The quantitative estimate of drug-likeness (QED) is 0.178. The minimum absolute atomic E-state index is 0.772. The van der Waals surface area contributed by atoms with Crippen LogP contribution in [-0.4, -0.2) is 18.5 Å². The molecule has 0 atom stereocenters. The van der Waals surface area contributed by atoms with Crippen LogP contribution in [0.25, 0.3) is 149 Å². The van der Waals surface area contributed by atoms with Crippen LogP contribution in [0.4, 0.5) is 0 Å². The standard InChI is InChI=1S/C59H32N4O3/c1-6-16-46-37(11-1)41-29-33(21-25-47(41)61(46)35-23-27-53-42(31-35)38-12-2-8-18-50(38)64-53)34-22-26-48-44(30-34)55-57(62(48)36-24-28-54-43(32-36)39-13-3-9-19-51(39)65-54)56-40-14-4-10-20-52(40)66-59(56)63-49-17-7-5-15-45(49)60-58(55)63/h1-32H. The molecule has 0 N–H and O–H groups in total. The van der Waals surface area contributed by atoms with Crippen LogP contribution in [0.5, 0.6) is 0 Å². The Morgan fingerprint density at radius 3 is 1.55 bits per heavy atom. The van der Waals surface area contributed by atoms with E-state index in [4.69, 9.17) is 18.2 Å². The smallest absolute Gasteiger partial charge is 0.216 e. The zero-order chi connectivity index (χ0) is 42.8. The first-order valence-electron chi connectivity index (χ1n) is 22.3. The maximum absolute atomic E-state index is 6.87. The Balaban J connectivity index is 0.991. The van der Waals surface area contributed by atoms with Crippen LogP contribution in [0.15, 0.2) is 207 Å². The molecule has 16 rings (SSSR count). The van der Waals surface area contributed by atoms with Crippen LogP contribution in [0.3, 0.4) is 0 Å². The number of hydrogen-bond donors (Lipinski definition) is 0. The van der Waals surface area contributed by atoms with Gasteiger partial charge in [0.1, 0.15) is 27.9 Å². The van der Waals surface area contributed by atoms with E-state index in [0.717, 1.165) is 138 Å². The number of para-hydroxylation sites is 6. The van der Waals surface area contributed by atoms with Crippen LogP contribution in [0.2, 0.25) is 0 Å². The van der Waals surface area contributed by atoms with Crippen LogP contribution in [-0.2, 0) is 0 Å². The second-order valence-corrected chi connectivity index (χ2v) is 17.5. The third-order valence-corrected chi connectivity index (χ3v) is 14.0. The molecule has 0 fully saturated rings. The van der Waals surface area contributed by atoms with Gasteiger partial charge in [0.05, 0.1) is 43.9 Å². The summed E-state index contributed by atoms with van der Waals surface area (Å²) in [5, 5.41) is 11.0. The van der Waals surface area contributed by atoms with Crippen LogP contribution in [0, 0.1) is 0 Å². The monoisotopic (exact) mass is 844 g/mol. The summed E-state index contributed by atoms with van der Waals surface area (Å²) < 4.78 is 26.5. The van der Waals surface area contributed by atoms with Crippen LogP contribution in [0.1, 0.15) is 0 Å². The summed E-state index contributed by atoms with van der Waals surface area (Å²) in [6.07, 6.45) is 0. The fraction of sp³-hybridized carbons (Fsp3) is 0. The van der Waals surface area contributed by atoms with Crippen molar-refractivity contribution in [1.82, 2.24) is 18.5 Å². The van der Waals surface area contributed by atoms with E-state index in [9.17, 15) is 0 Å². The molecule has 0 amide bonds. The molecule has 0 aliphatic carbocycles. The third kappa shape index (κ3) is 4.43. The highest BCUT2D eigenvalue weighted by Gasteiger charge is 2.26. The summed E-state index contributed by atoms with van der Waals surface area (Å²) in [6, 6.07) is 68.9. The number of hydrogen-bond acceptors (Lipinski definition) is 4. The van der Waals surface area contributed by atoms with Gasteiger partial charge in [-0.2, -0.15) is 0 Å². The van der Waals surface area contributed by atoms with Crippen molar-refractivity contribution < 1.29 is 13.3 Å². The number of fused-ring (bicyclic) bond motifs is 21. The van der Waals surface area contributed by atoms with E-state index >= 15 is 0 Å². The molecule has 0 saturated heterocycles. The number of imidazole rings is 1. The molecular weight excluding hydrogens is 813 g/mol. The SMILES string of the molecule is c1ccc2c(c1)nc1c3c4cc(-c5ccc6c(c5)c5ccccc5n6-c5ccc6oc7ccccc7c6c5)ccc4n(-c4ccc5oc6ccccc6c5c4)c3c3c4ccccc4oc3n21. The van der Waals surface area contributed by atoms with E-state index in [1.54, 1.807) is 0 Å². The fourth-order valence-electron chi connectivity index (χ4n) is 11.2. The van der Waals surface area contributed by atoms with Crippen molar-refractivity contribution in [2.24, 2.45) is 0 Å². The zero-order valence-electron chi connectivity index (χ0n) is 35.0. The number of benzene rings is 9. The highest BCUT2D eigenvalue weighted by molar-refractivity contribution is 6.29. The van der Waals surface area contributed by atoms with E-state index in [1.165, 1.54) is 10.8 Å². The predicted molar refractivity (Wildman–Crippen MR) is 269 cm³/mol. The highest BCUT2D eigenvalue weighted by Crippen LogP contribution is 2.46. The van der Waals surface area contributed by atoms with E-state index in [0.29, 0.717) is 0 Å². The first kappa shape index (κ1) is 34.4. The summed E-state index contributed by atoms with van der Waals surface area (Å²) in [5.41, 5.74) is 16.7. The van der Waals surface area contributed by atoms with Crippen molar-refractivity contribution in [3.8, 4) is 22.5 Å². The summed E-state index contributed by atoms with van der Waals surface area (Å²) >= 11 is 0. The maximum Gasteiger partial charge on any atom is 0.216 e. The van der Waals surface area contributed by atoms with Crippen molar-refractivity contribution in [3.05, 3.63) is 194 Å². The molecule has 0 radical (unpaired) electrons. The summed E-state index contributed by atoms with van der Waals surface area (Å²) in [4.78, 5) is 5.41. The lowest BCUT2D eigenvalue weighted by molar-refractivity contribution is 0.650. The first-order valence-corrected chi connectivity index (χ1v) is 22.3. The molecule has 0 aliphatic rings. The third-order valence-electron chi connectivity index (χ3n) is 14.0. The molecule has 7 aromatic heterocycles. The largest absolute Gasteiger partial charge is 0.456 e. The molecular formula is C59H32N4O3. The van der Waals surface area contributed by atoms with E-state index in [1.807, 2.05) is 30.3 Å². The van der Waals surface area contributed by atoms with Gasteiger partial charge < -0.3 is 22.4 Å². The van der Waals surface area contributed by atoms with Gasteiger partial charge in [-0.15, -0.1) is 0 Å². The molecule has 0 unspecified atom stereocenters. The van der Waals surface area contributed by atoms with Crippen molar-refractivity contribution in [2.75, 3.05) is 0 Å². The van der Waals surface area contributed by atoms with Gasteiger partial charge in [0, 0.05) is 54.5 Å². The van der Waals surface area contributed by atoms with Crippen LogP contribution < -0.4 is 0 Å². The Hall–Kier alpha value is -9.07. The molecule has 7 heterocycles. The van der Waals surface area contributed by atoms with E-state index < -0.39 is 0 Å². The Morgan fingerprint density at radius 2 is 0.848 bits per heavy atom. The topological polar surface area (TPSA) is 66.6 Å². The number of furan rings is 3. The summed E-state index contributed by atoms with van der Waals surface area (Å²) in [6.45, 7) is 0. The number of nitrogens with zero attached hydrogens (tertiary/aromatic N) is 4. The van der Waals surface area contributed by atoms with E-state index in [2.05, 4.69) is 177 Å². The van der Waals surface area contributed by atoms with Gasteiger partial charge in [-0.25, -0.2) is 4.98 Å². The molecule has 9 aromatic carbocycles. The van der Waals surface area contributed by atoms with Gasteiger partial charge in [-0.3, -0.25) is 4.40 Å². The van der Waals surface area contributed by atoms with Gasteiger partial charge in [0.25, 0.3) is 0 Å². The molecule has 0 spiro atoms. The van der Waals surface area contributed by atoms with E-state index in [-0.39, 0.29) is 0 Å². The normalized spacial score (nSPS) is 12.5. The van der Waals surface area contributed by atoms with Crippen LogP contribution >= 0.6 is 0 Å². The second kappa shape index (κ2) is 12.3. The van der Waals surface area contributed by atoms with Crippen molar-refractivity contribution >= 4 is 126 Å². The maximum atomic E-state index is 6.87. The van der Waals surface area contributed by atoms with Gasteiger partial charge in [0.2, 0.25) is 5.71 Å². The Kier molecular flexibility index (Phi) is 6.44. The number of rotatable bonds is 3. The zero-order valence-corrected chi connectivity index (χ0v) is 35.0. The lowest BCUT2D eigenvalue weighted by atomic mass is 10.0. The lowest BCUT2D eigenvalue weighted by Crippen LogP contribution is -1.96. The Labute approximate surface area is 373 Å². The molecule has 0 aliphatic heterocycles. The summed E-state index contributed by atoms with van der Waals surface area (Å²) in [5.74, 6) is 0. The lowest BCUT2D eigenvalue weighted by Gasteiger charge is -2.10. The van der Waals surface area contributed by atoms with Gasteiger partial charge in [0.15, 0.2) is 5.65 Å². The molecule has 0 bridgehead atoms. The van der Waals surface area contributed by atoms with Gasteiger partial charge in [-0.05, 0) is 108 Å². The Bertz CT molecular complexity index is 4780. The summed E-state index contributed by atoms with van der Waals surface area (Å²) in [7, 11) is 0. The molecule has 7 nitrogen and oxygen atoms in total. The molecule has 66 heavy (non-hydrogen) atoms.